The van der Waals surface area contributed by atoms with Gasteiger partial charge < -0.3 is 9.47 Å². The molecule has 1 aliphatic carbocycles. The van der Waals surface area contributed by atoms with E-state index in [0.29, 0.717) is 0 Å². The van der Waals surface area contributed by atoms with Crippen molar-refractivity contribution in [3.63, 3.8) is 0 Å². The molecule has 1 saturated carbocycles. The Hall–Kier alpha value is -0.200. The lowest BCUT2D eigenvalue weighted by atomic mass is 9.91. The zero-order chi connectivity index (χ0) is 12.6. The molecule has 0 N–H and O–H groups in total. The molecule has 0 spiro atoms. The summed E-state index contributed by atoms with van der Waals surface area (Å²) in [6.07, 6.45) is 0.383. The molecule has 2 rings (SSSR count). The van der Waals surface area contributed by atoms with Crippen LogP contribution in [0.25, 0.3) is 0 Å². The molecule has 3 atom stereocenters. The summed E-state index contributed by atoms with van der Waals surface area (Å²) in [5, 5.41) is 0. The molecule has 2 nitrogen and oxygen atoms in total. The predicted molar refractivity (Wildman–Crippen MR) is 66.6 cm³/mol. The van der Waals surface area contributed by atoms with Crippen LogP contribution in [0.5, 0.6) is 5.75 Å². The quantitative estimate of drug-likeness (QED) is 0.755. The summed E-state index contributed by atoms with van der Waals surface area (Å²) in [4.78, 5) is 0.208. The van der Waals surface area contributed by atoms with Crippen LogP contribution in [-0.2, 0) is 4.74 Å². The third-order valence-electron chi connectivity index (χ3n) is 2.68. The summed E-state index contributed by atoms with van der Waals surface area (Å²) >= 11 is 6.50. The van der Waals surface area contributed by atoms with Crippen LogP contribution in [0.15, 0.2) is 16.6 Å². The number of halogens is 4. The molecule has 0 heterocycles. The molecule has 0 aromatic heterocycles. The van der Waals surface area contributed by atoms with E-state index in [9.17, 15) is 8.78 Å². The number of alkyl halides is 1. The predicted octanol–water partition coefficient (Wildman–Crippen LogP) is 3.66. The topological polar surface area (TPSA) is 18.5 Å². The molecule has 1 aromatic rings. The molecule has 6 heteroatoms. The van der Waals surface area contributed by atoms with Crippen molar-refractivity contribution in [1.29, 1.82) is 0 Å². The summed E-state index contributed by atoms with van der Waals surface area (Å²) in [6, 6.07) is 1.97. The maximum atomic E-state index is 13.5. The van der Waals surface area contributed by atoms with Gasteiger partial charge in [0, 0.05) is 24.4 Å². The molecule has 0 aliphatic heterocycles. The number of methoxy groups -OCH3 is 1. The largest absolute Gasteiger partial charge is 0.483 e. The average Bonchev–Trinajstić information content (AvgIpc) is 2.21. The molecule has 1 fully saturated rings. The third-order valence-corrected chi connectivity index (χ3v) is 4.17. The van der Waals surface area contributed by atoms with Crippen LogP contribution in [-0.4, -0.2) is 24.1 Å². The molecule has 17 heavy (non-hydrogen) atoms. The van der Waals surface area contributed by atoms with E-state index in [4.69, 9.17) is 9.47 Å². The van der Waals surface area contributed by atoms with Crippen molar-refractivity contribution in [3.8, 4) is 5.75 Å². The maximum absolute atomic E-state index is 13.5. The van der Waals surface area contributed by atoms with E-state index < -0.39 is 11.6 Å². The van der Waals surface area contributed by atoms with E-state index in [-0.39, 0.29) is 27.3 Å². The molecular formula is C11H10Br2F2O2. The fourth-order valence-corrected chi connectivity index (χ4v) is 3.16. The Morgan fingerprint density at radius 2 is 2.06 bits per heavy atom. The van der Waals surface area contributed by atoms with Crippen LogP contribution in [0.4, 0.5) is 8.78 Å². The van der Waals surface area contributed by atoms with E-state index in [1.807, 2.05) is 0 Å². The van der Waals surface area contributed by atoms with Crippen LogP contribution >= 0.6 is 31.9 Å². The van der Waals surface area contributed by atoms with Crippen LogP contribution in [0, 0.1) is 11.6 Å². The minimum atomic E-state index is -0.718. The Kier molecular flexibility index (Phi) is 4.05. The second-order valence-corrected chi connectivity index (χ2v) is 5.84. The first-order valence-corrected chi connectivity index (χ1v) is 6.72. The van der Waals surface area contributed by atoms with Crippen molar-refractivity contribution in [2.45, 2.75) is 23.5 Å². The monoisotopic (exact) mass is 370 g/mol. The maximum Gasteiger partial charge on any atom is 0.169 e. The lowest BCUT2D eigenvalue weighted by Crippen LogP contribution is -2.52. The van der Waals surface area contributed by atoms with Crippen LogP contribution in [0.3, 0.4) is 0 Å². The van der Waals surface area contributed by atoms with E-state index >= 15 is 0 Å². The van der Waals surface area contributed by atoms with Gasteiger partial charge in [-0.05, 0) is 22.0 Å². The van der Waals surface area contributed by atoms with Gasteiger partial charge in [-0.1, -0.05) is 15.9 Å². The van der Waals surface area contributed by atoms with Crippen molar-refractivity contribution in [1.82, 2.24) is 0 Å². The molecule has 0 saturated heterocycles. The molecular weight excluding hydrogens is 362 g/mol. The first kappa shape index (κ1) is 13.2. The summed E-state index contributed by atoms with van der Waals surface area (Å²) in [7, 11) is 1.57. The van der Waals surface area contributed by atoms with Gasteiger partial charge in [0.1, 0.15) is 18.0 Å². The van der Waals surface area contributed by atoms with Gasteiger partial charge in [0.25, 0.3) is 0 Å². The highest BCUT2D eigenvalue weighted by Crippen LogP contribution is 2.37. The molecule has 1 aliphatic rings. The zero-order valence-corrected chi connectivity index (χ0v) is 12.1. The lowest BCUT2D eigenvalue weighted by molar-refractivity contribution is -0.0561. The molecule has 1 aromatic carbocycles. The number of ether oxygens (including phenoxy) is 2. The number of hydrogen-bond donors (Lipinski definition) is 0. The Balaban J connectivity index is 2.14. The molecule has 0 bridgehead atoms. The Morgan fingerprint density at radius 3 is 2.59 bits per heavy atom. The first-order valence-electron chi connectivity index (χ1n) is 5.01. The summed E-state index contributed by atoms with van der Waals surface area (Å²) in [6.45, 7) is 0. The molecule has 0 amide bonds. The van der Waals surface area contributed by atoms with Crippen molar-refractivity contribution < 1.29 is 18.3 Å². The highest BCUT2D eigenvalue weighted by Gasteiger charge is 2.42. The minimum Gasteiger partial charge on any atom is -0.483 e. The lowest BCUT2D eigenvalue weighted by Gasteiger charge is -2.40. The van der Waals surface area contributed by atoms with E-state index in [0.717, 1.165) is 12.5 Å². The van der Waals surface area contributed by atoms with Crippen LogP contribution in [0.2, 0.25) is 0 Å². The first-order chi connectivity index (χ1) is 8.02. The van der Waals surface area contributed by atoms with Gasteiger partial charge >= 0.3 is 0 Å². The highest BCUT2D eigenvalue weighted by molar-refractivity contribution is 9.10. The van der Waals surface area contributed by atoms with Gasteiger partial charge in [-0.3, -0.25) is 0 Å². The second kappa shape index (κ2) is 5.20. The van der Waals surface area contributed by atoms with Crippen molar-refractivity contribution in [3.05, 3.63) is 28.2 Å². The molecule has 0 radical (unpaired) electrons. The molecule has 3 unspecified atom stereocenters. The Bertz CT molecular complexity index is 405. The third kappa shape index (κ3) is 2.63. The highest BCUT2D eigenvalue weighted by atomic mass is 79.9. The fraction of sp³-hybridized carbons (Fsp3) is 0.455. The second-order valence-electron chi connectivity index (χ2n) is 3.81. The summed E-state index contributed by atoms with van der Waals surface area (Å²) < 4.78 is 37.4. The smallest absolute Gasteiger partial charge is 0.169 e. The van der Waals surface area contributed by atoms with E-state index in [1.54, 1.807) is 7.11 Å². The SMILES string of the molecule is COC1C(Br)CC1Oc1c(F)cc(F)cc1Br. The number of hydrogen-bond acceptors (Lipinski definition) is 2. The Labute approximate surface area is 115 Å². The normalized spacial score (nSPS) is 27.7. The number of benzene rings is 1. The number of rotatable bonds is 3. The van der Waals surface area contributed by atoms with Gasteiger partial charge in [-0.15, -0.1) is 0 Å². The van der Waals surface area contributed by atoms with Gasteiger partial charge in [-0.2, -0.15) is 0 Å². The summed E-state index contributed by atoms with van der Waals surface area (Å²) in [5.41, 5.74) is 0. The molecule has 94 valence electrons. The standard InChI is InChI=1S/C11H10Br2F2O2/c1-16-11-7(13)4-9(11)17-10-6(12)2-5(14)3-8(10)15/h2-3,7,9,11H,4H2,1H3. The van der Waals surface area contributed by atoms with E-state index in [1.165, 1.54) is 6.07 Å². The zero-order valence-electron chi connectivity index (χ0n) is 8.92. The van der Waals surface area contributed by atoms with Crippen molar-refractivity contribution >= 4 is 31.9 Å². The van der Waals surface area contributed by atoms with Crippen LogP contribution < -0.4 is 4.74 Å². The van der Waals surface area contributed by atoms with Crippen molar-refractivity contribution in [2.24, 2.45) is 0 Å². The van der Waals surface area contributed by atoms with Crippen molar-refractivity contribution in [2.75, 3.05) is 7.11 Å². The minimum absolute atomic E-state index is 0.0258. The van der Waals surface area contributed by atoms with Gasteiger partial charge in [0.05, 0.1) is 4.47 Å². The van der Waals surface area contributed by atoms with E-state index in [2.05, 4.69) is 31.9 Å². The fourth-order valence-electron chi connectivity index (χ4n) is 1.73. The van der Waals surface area contributed by atoms with Crippen LogP contribution in [0.1, 0.15) is 6.42 Å². The Morgan fingerprint density at radius 1 is 1.35 bits per heavy atom. The van der Waals surface area contributed by atoms with Gasteiger partial charge in [0.2, 0.25) is 0 Å². The van der Waals surface area contributed by atoms with Gasteiger partial charge in [-0.25, -0.2) is 8.78 Å². The van der Waals surface area contributed by atoms with Gasteiger partial charge in [0.15, 0.2) is 11.6 Å². The summed E-state index contributed by atoms with van der Waals surface area (Å²) in [5.74, 6) is -1.33. The average molecular weight is 372 g/mol.